The molecule has 2 heteroatoms. The molecule has 0 bridgehead atoms. The number of benzene rings is 4. The Kier molecular flexibility index (Phi) is 5.62. The monoisotopic (exact) mass is 380 g/mol. The van der Waals surface area contributed by atoms with Crippen LogP contribution in [0.3, 0.4) is 0 Å². The maximum Gasteiger partial charge on any atom is 0.119 e. The zero-order valence-corrected chi connectivity index (χ0v) is 16.3. The molecule has 0 saturated heterocycles. The largest absolute Gasteiger partial charge is 0.508 e. The first-order valence-corrected chi connectivity index (χ1v) is 9.87. The van der Waals surface area contributed by atoms with Gasteiger partial charge in [0.15, 0.2) is 0 Å². The first kappa shape index (κ1) is 18.8. The molecule has 29 heavy (non-hydrogen) atoms. The molecule has 0 atom stereocenters. The fourth-order valence-electron chi connectivity index (χ4n) is 3.61. The lowest BCUT2D eigenvalue weighted by Gasteiger charge is -2.11. The van der Waals surface area contributed by atoms with Crippen LogP contribution in [-0.2, 0) is 19.3 Å². The molecule has 0 fully saturated rings. The maximum atomic E-state index is 10.5. The summed E-state index contributed by atoms with van der Waals surface area (Å²) in [7, 11) is 0. The summed E-state index contributed by atoms with van der Waals surface area (Å²) < 4.78 is 0. The number of phenolic OH excluding ortho intramolecular Hbond substituents is 2. The lowest BCUT2D eigenvalue weighted by Crippen LogP contribution is -1.94. The molecule has 0 aromatic heterocycles. The molecular weight excluding hydrogens is 356 g/mol. The van der Waals surface area contributed by atoms with Crippen molar-refractivity contribution in [2.24, 2.45) is 0 Å². The highest BCUT2D eigenvalue weighted by Crippen LogP contribution is 2.28. The van der Waals surface area contributed by atoms with Crippen LogP contribution in [0.4, 0.5) is 0 Å². The van der Waals surface area contributed by atoms with E-state index >= 15 is 0 Å². The highest BCUT2D eigenvalue weighted by atomic mass is 16.3. The van der Waals surface area contributed by atoms with Crippen LogP contribution in [0, 0.1) is 0 Å². The third-order valence-electron chi connectivity index (χ3n) is 5.18. The molecule has 0 radical (unpaired) electrons. The zero-order valence-electron chi connectivity index (χ0n) is 16.3. The van der Waals surface area contributed by atoms with Gasteiger partial charge in [0.2, 0.25) is 0 Å². The van der Waals surface area contributed by atoms with Gasteiger partial charge < -0.3 is 10.2 Å². The van der Waals surface area contributed by atoms with Crippen molar-refractivity contribution in [3.63, 3.8) is 0 Å². The zero-order chi connectivity index (χ0) is 20.1. The number of hydrogen-bond donors (Lipinski definition) is 2. The molecule has 0 saturated carbocycles. The van der Waals surface area contributed by atoms with Crippen LogP contribution >= 0.6 is 0 Å². The molecule has 4 rings (SSSR count). The Bertz CT molecular complexity index is 997. The summed E-state index contributed by atoms with van der Waals surface area (Å²) in [6.07, 6.45) is 2.07. The molecule has 0 aliphatic carbocycles. The Labute approximate surface area is 171 Å². The quantitative estimate of drug-likeness (QED) is 0.439. The van der Waals surface area contributed by atoms with Crippen LogP contribution in [-0.4, -0.2) is 10.2 Å². The van der Waals surface area contributed by atoms with Gasteiger partial charge in [0, 0.05) is 6.42 Å². The summed E-state index contributed by atoms with van der Waals surface area (Å²) in [6.45, 7) is 0. The van der Waals surface area contributed by atoms with Crippen molar-refractivity contribution in [2.45, 2.75) is 19.3 Å². The fourth-order valence-corrected chi connectivity index (χ4v) is 3.61. The third kappa shape index (κ3) is 4.85. The van der Waals surface area contributed by atoms with Gasteiger partial charge in [-0.3, -0.25) is 0 Å². The van der Waals surface area contributed by atoms with E-state index < -0.39 is 0 Å². The second-order valence-corrected chi connectivity index (χ2v) is 7.43. The van der Waals surface area contributed by atoms with Gasteiger partial charge in [0.1, 0.15) is 11.5 Å². The Hall–Kier alpha value is -3.52. The van der Waals surface area contributed by atoms with Crippen LogP contribution in [0.15, 0.2) is 97.1 Å². The van der Waals surface area contributed by atoms with Crippen LogP contribution in [0.1, 0.15) is 33.4 Å². The van der Waals surface area contributed by atoms with Gasteiger partial charge in [-0.1, -0.05) is 84.9 Å². The van der Waals surface area contributed by atoms with E-state index in [4.69, 9.17) is 0 Å². The van der Waals surface area contributed by atoms with E-state index in [0.29, 0.717) is 6.42 Å². The number of phenols is 2. The first-order valence-electron chi connectivity index (χ1n) is 9.87. The first-order chi connectivity index (χ1) is 14.2. The van der Waals surface area contributed by atoms with Gasteiger partial charge in [0.05, 0.1) is 0 Å². The Morgan fingerprint density at radius 3 is 1.21 bits per heavy atom. The highest BCUT2D eigenvalue weighted by Gasteiger charge is 2.09. The van der Waals surface area contributed by atoms with Gasteiger partial charge in [-0.05, 0) is 58.4 Å². The molecule has 4 aromatic rings. The molecule has 0 heterocycles. The predicted molar refractivity (Wildman–Crippen MR) is 118 cm³/mol. The lowest BCUT2D eigenvalue weighted by molar-refractivity contribution is 0.462. The molecule has 144 valence electrons. The summed E-state index contributed by atoms with van der Waals surface area (Å²) in [5.74, 6) is 0.539. The van der Waals surface area contributed by atoms with Crippen molar-refractivity contribution in [1.82, 2.24) is 0 Å². The second kappa shape index (κ2) is 8.66. The maximum absolute atomic E-state index is 10.5. The van der Waals surface area contributed by atoms with E-state index in [9.17, 15) is 10.2 Å². The van der Waals surface area contributed by atoms with Crippen molar-refractivity contribution in [3.8, 4) is 11.5 Å². The summed E-state index contributed by atoms with van der Waals surface area (Å²) in [5, 5.41) is 21.0. The number of hydrogen-bond acceptors (Lipinski definition) is 2. The molecular formula is C27H24O2. The average molecular weight is 380 g/mol. The third-order valence-corrected chi connectivity index (χ3v) is 5.18. The molecule has 0 aliphatic rings. The highest BCUT2D eigenvalue weighted by molar-refractivity contribution is 5.45. The van der Waals surface area contributed by atoms with Crippen molar-refractivity contribution < 1.29 is 10.2 Å². The van der Waals surface area contributed by atoms with Crippen molar-refractivity contribution in [2.75, 3.05) is 0 Å². The van der Waals surface area contributed by atoms with Crippen molar-refractivity contribution >= 4 is 0 Å². The minimum absolute atomic E-state index is 0.270. The predicted octanol–water partition coefficient (Wildman–Crippen LogP) is 5.87. The normalized spacial score (nSPS) is 10.8. The average Bonchev–Trinajstić information content (AvgIpc) is 2.73. The number of aromatic hydroxyl groups is 2. The van der Waals surface area contributed by atoms with E-state index in [0.717, 1.165) is 35.1 Å². The molecule has 2 nitrogen and oxygen atoms in total. The van der Waals surface area contributed by atoms with Gasteiger partial charge in [0.25, 0.3) is 0 Å². The van der Waals surface area contributed by atoms with E-state index in [1.54, 1.807) is 0 Å². The number of rotatable bonds is 6. The summed E-state index contributed by atoms with van der Waals surface area (Å²) in [5.41, 5.74) is 6.19. The standard InChI is InChI=1S/C27H24O2/c28-26-17-22(15-20-7-3-1-4-8-20)11-13-24(26)19-25-14-12-23(18-27(25)29)16-21-9-5-2-6-10-21/h1-14,17-18,28-29H,15-16,19H2. The molecule has 0 aliphatic heterocycles. The molecule has 0 unspecified atom stereocenters. The molecule has 0 spiro atoms. The Morgan fingerprint density at radius 2 is 0.828 bits per heavy atom. The van der Waals surface area contributed by atoms with Crippen LogP contribution in [0.25, 0.3) is 0 Å². The minimum Gasteiger partial charge on any atom is -0.508 e. The van der Waals surface area contributed by atoms with E-state index in [-0.39, 0.29) is 11.5 Å². The second-order valence-electron chi connectivity index (χ2n) is 7.43. The van der Waals surface area contributed by atoms with E-state index in [1.165, 1.54) is 11.1 Å². The Morgan fingerprint density at radius 1 is 0.414 bits per heavy atom. The molecule has 0 amide bonds. The lowest BCUT2D eigenvalue weighted by atomic mass is 9.97. The van der Waals surface area contributed by atoms with Crippen molar-refractivity contribution in [1.29, 1.82) is 0 Å². The van der Waals surface area contributed by atoms with Crippen LogP contribution < -0.4 is 0 Å². The van der Waals surface area contributed by atoms with Gasteiger partial charge in [-0.15, -0.1) is 0 Å². The van der Waals surface area contributed by atoms with Crippen LogP contribution in [0.5, 0.6) is 11.5 Å². The fraction of sp³-hybridized carbons (Fsp3) is 0.111. The van der Waals surface area contributed by atoms with Crippen molar-refractivity contribution in [3.05, 3.63) is 130 Å². The SMILES string of the molecule is Oc1cc(Cc2ccccc2)ccc1Cc1ccc(Cc2ccccc2)cc1O. The smallest absolute Gasteiger partial charge is 0.119 e. The molecule has 2 N–H and O–H groups in total. The van der Waals surface area contributed by atoms with E-state index in [1.807, 2.05) is 72.8 Å². The molecule has 4 aromatic carbocycles. The minimum atomic E-state index is 0.270. The summed E-state index contributed by atoms with van der Waals surface area (Å²) in [4.78, 5) is 0. The van der Waals surface area contributed by atoms with E-state index in [2.05, 4.69) is 24.3 Å². The van der Waals surface area contributed by atoms with Crippen LogP contribution in [0.2, 0.25) is 0 Å². The summed E-state index contributed by atoms with van der Waals surface area (Å²) in [6, 6.07) is 32.1. The van der Waals surface area contributed by atoms with Gasteiger partial charge in [-0.2, -0.15) is 0 Å². The Balaban J connectivity index is 1.47. The van der Waals surface area contributed by atoms with Gasteiger partial charge >= 0.3 is 0 Å². The topological polar surface area (TPSA) is 40.5 Å². The summed E-state index contributed by atoms with van der Waals surface area (Å²) >= 11 is 0. The van der Waals surface area contributed by atoms with Gasteiger partial charge in [-0.25, -0.2) is 0 Å².